The molecule has 0 aromatic rings. The van der Waals surface area contributed by atoms with E-state index in [1.165, 1.54) is 0 Å². The average Bonchev–Trinajstić information content (AvgIpc) is 1.98. The van der Waals surface area contributed by atoms with Crippen LogP contribution in [0.1, 0.15) is 13.8 Å². The molecule has 6 heteroatoms. The summed E-state index contributed by atoms with van der Waals surface area (Å²) in [7, 11) is 0. The molecule has 0 radical (unpaired) electrons. The minimum absolute atomic E-state index is 0.00671. The molecular formula is C7H17N5O. The second kappa shape index (κ2) is 5.36. The Labute approximate surface area is 77.5 Å². The van der Waals surface area contributed by atoms with Gasteiger partial charge in [-0.2, -0.15) is 4.99 Å². The van der Waals surface area contributed by atoms with Gasteiger partial charge in [-0.25, -0.2) is 4.99 Å². The highest BCUT2D eigenvalue weighted by atomic mass is 16.3. The van der Waals surface area contributed by atoms with Crippen LogP contribution >= 0.6 is 0 Å². The lowest BCUT2D eigenvalue weighted by Gasteiger charge is -2.12. The fourth-order valence-corrected chi connectivity index (χ4v) is 0.732. The van der Waals surface area contributed by atoms with Crippen LogP contribution in [0.2, 0.25) is 0 Å². The van der Waals surface area contributed by atoms with Crippen LogP contribution in [0.4, 0.5) is 0 Å². The molecule has 0 aromatic carbocycles. The molecule has 1 unspecified atom stereocenters. The van der Waals surface area contributed by atoms with Crippen molar-refractivity contribution in [3.05, 3.63) is 0 Å². The Morgan fingerprint density at radius 1 is 1.31 bits per heavy atom. The molecule has 0 heterocycles. The maximum absolute atomic E-state index is 8.91. The third-order valence-corrected chi connectivity index (χ3v) is 1.50. The average molecular weight is 187 g/mol. The molecule has 0 aliphatic heterocycles. The fourth-order valence-electron chi connectivity index (χ4n) is 0.732. The number of aliphatic hydroxyl groups is 1. The molecular weight excluding hydrogens is 170 g/mol. The Kier molecular flexibility index (Phi) is 4.83. The van der Waals surface area contributed by atoms with E-state index >= 15 is 0 Å². The summed E-state index contributed by atoms with van der Waals surface area (Å²) >= 11 is 0. The second-order valence-electron chi connectivity index (χ2n) is 3.02. The topological polar surface area (TPSA) is 123 Å². The molecule has 0 saturated heterocycles. The Morgan fingerprint density at radius 2 is 1.85 bits per heavy atom. The molecule has 13 heavy (non-hydrogen) atoms. The van der Waals surface area contributed by atoms with E-state index in [2.05, 4.69) is 9.98 Å². The number of hydrogen-bond donors (Lipinski definition) is 4. The number of rotatable bonds is 3. The molecule has 0 aliphatic rings. The van der Waals surface area contributed by atoms with Gasteiger partial charge < -0.3 is 22.3 Å². The van der Waals surface area contributed by atoms with E-state index in [9.17, 15) is 0 Å². The van der Waals surface area contributed by atoms with Gasteiger partial charge in [0.15, 0.2) is 5.96 Å². The van der Waals surface area contributed by atoms with Crippen molar-refractivity contribution in [3.63, 3.8) is 0 Å². The molecule has 0 amide bonds. The van der Waals surface area contributed by atoms with E-state index in [0.29, 0.717) is 0 Å². The number of nitrogens with zero attached hydrogens (tertiary/aromatic N) is 2. The van der Waals surface area contributed by atoms with Gasteiger partial charge in [0.05, 0.1) is 12.6 Å². The van der Waals surface area contributed by atoms with Gasteiger partial charge in [-0.1, -0.05) is 13.8 Å². The van der Waals surface area contributed by atoms with E-state index in [-0.39, 0.29) is 30.5 Å². The molecule has 0 saturated carbocycles. The first-order valence-electron chi connectivity index (χ1n) is 4.01. The van der Waals surface area contributed by atoms with Crippen LogP contribution in [0.25, 0.3) is 0 Å². The van der Waals surface area contributed by atoms with Crippen molar-refractivity contribution in [1.82, 2.24) is 0 Å². The van der Waals surface area contributed by atoms with Crippen LogP contribution in [-0.4, -0.2) is 29.7 Å². The standard InChI is InChI=1S/C7H17N5O/c1-4(2)5(3-13)11-7(10)12-6(8)9/h4-5,13H,3H2,1-2H3,(H6,8,9,10,11,12). The molecule has 1 atom stereocenters. The third-order valence-electron chi connectivity index (χ3n) is 1.50. The SMILES string of the molecule is CC(C)C(CO)N=C(N)N=C(N)N. The number of guanidine groups is 2. The molecule has 0 rings (SSSR count). The number of aliphatic imine (C=N–C) groups is 2. The van der Waals surface area contributed by atoms with Crippen molar-refractivity contribution < 1.29 is 5.11 Å². The van der Waals surface area contributed by atoms with Gasteiger partial charge in [0.2, 0.25) is 5.96 Å². The summed E-state index contributed by atoms with van der Waals surface area (Å²) in [5.74, 6) is 0.0483. The summed E-state index contributed by atoms with van der Waals surface area (Å²) in [6.45, 7) is 3.78. The third kappa shape index (κ3) is 5.02. The van der Waals surface area contributed by atoms with Crippen molar-refractivity contribution in [2.75, 3.05) is 6.61 Å². The highest BCUT2D eigenvalue weighted by Gasteiger charge is 2.10. The van der Waals surface area contributed by atoms with Gasteiger partial charge in [0, 0.05) is 0 Å². The number of hydrogen-bond acceptors (Lipinski definition) is 2. The van der Waals surface area contributed by atoms with Crippen LogP contribution in [0.3, 0.4) is 0 Å². The van der Waals surface area contributed by atoms with Gasteiger partial charge in [-0.3, -0.25) is 0 Å². The van der Waals surface area contributed by atoms with Crippen LogP contribution in [0.15, 0.2) is 9.98 Å². The highest BCUT2D eigenvalue weighted by molar-refractivity contribution is 5.92. The minimum atomic E-state index is -0.261. The number of aliphatic hydroxyl groups excluding tert-OH is 1. The highest BCUT2D eigenvalue weighted by Crippen LogP contribution is 2.04. The van der Waals surface area contributed by atoms with Crippen LogP contribution in [0, 0.1) is 5.92 Å². The zero-order chi connectivity index (χ0) is 10.4. The smallest absolute Gasteiger partial charge is 0.218 e. The van der Waals surface area contributed by atoms with Crippen molar-refractivity contribution in [2.45, 2.75) is 19.9 Å². The van der Waals surface area contributed by atoms with Crippen molar-refractivity contribution >= 4 is 11.9 Å². The van der Waals surface area contributed by atoms with Gasteiger partial charge in [-0.05, 0) is 5.92 Å². The van der Waals surface area contributed by atoms with E-state index < -0.39 is 0 Å². The van der Waals surface area contributed by atoms with Gasteiger partial charge in [0.25, 0.3) is 0 Å². The lowest BCUT2D eigenvalue weighted by atomic mass is 10.1. The first-order valence-corrected chi connectivity index (χ1v) is 4.01. The number of nitrogens with two attached hydrogens (primary N) is 3. The molecule has 0 bridgehead atoms. The first kappa shape index (κ1) is 11.7. The monoisotopic (exact) mass is 187 g/mol. The normalized spacial score (nSPS) is 14.3. The second-order valence-corrected chi connectivity index (χ2v) is 3.02. The molecule has 76 valence electrons. The van der Waals surface area contributed by atoms with E-state index in [0.717, 1.165) is 0 Å². The fraction of sp³-hybridized carbons (Fsp3) is 0.714. The zero-order valence-electron chi connectivity index (χ0n) is 7.94. The Hall–Kier alpha value is -1.30. The summed E-state index contributed by atoms with van der Waals surface area (Å²) in [5.41, 5.74) is 15.6. The van der Waals surface area contributed by atoms with E-state index in [1.807, 2.05) is 13.8 Å². The summed E-state index contributed by atoms with van der Waals surface area (Å²) in [5, 5.41) is 8.91. The van der Waals surface area contributed by atoms with E-state index in [1.54, 1.807) is 0 Å². The quantitative estimate of drug-likeness (QED) is 0.320. The lowest BCUT2D eigenvalue weighted by molar-refractivity contribution is 0.240. The maximum atomic E-state index is 8.91. The maximum Gasteiger partial charge on any atom is 0.218 e. The molecule has 0 fully saturated rings. The van der Waals surface area contributed by atoms with E-state index in [4.69, 9.17) is 22.3 Å². The largest absolute Gasteiger partial charge is 0.394 e. The van der Waals surface area contributed by atoms with Crippen LogP contribution in [-0.2, 0) is 0 Å². The van der Waals surface area contributed by atoms with Gasteiger partial charge in [0.1, 0.15) is 0 Å². The predicted octanol–water partition coefficient (Wildman–Crippen LogP) is -1.41. The molecule has 0 spiro atoms. The van der Waals surface area contributed by atoms with Crippen LogP contribution < -0.4 is 17.2 Å². The summed E-state index contributed by atoms with van der Waals surface area (Å²) in [4.78, 5) is 7.47. The lowest BCUT2D eigenvalue weighted by Crippen LogP contribution is -2.28. The Bertz CT molecular complexity index is 207. The molecule has 0 aliphatic carbocycles. The molecule has 0 aromatic heterocycles. The Balaban J connectivity index is 4.42. The van der Waals surface area contributed by atoms with Crippen molar-refractivity contribution in [1.29, 1.82) is 0 Å². The van der Waals surface area contributed by atoms with Crippen molar-refractivity contribution in [2.24, 2.45) is 33.1 Å². The minimum Gasteiger partial charge on any atom is -0.394 e. The predicted molar refractivity (Wildman–Crippen MR) is 53.1 cm³/mol. The van der Waals surface area contributed by atoms with Crippen LogP contribution in [0.5, 0.6) is 0 Å². The summed E-state index contributed by atoms with van der Waals surface area (Å²) in [6.07, 6.45) is 0. The summed E-state index contributed by atoms with van der Waals surface area (Å²) < 4.78 is 0. The van der Waals surface area contributed by atoms with Crippen molar-refractivity contribution in [3.8, 4) is 0 Å². The first-order chi connectivity index (χ1) is 5.97. The van der Waals surface area contributed by atoms with Gasteiger partial charge in [-0.15, -0.1) is 0 Å². The molecule has 6 nitrogen and oxygen atoms in total. The molecule has 7 N–H and O–H groups in total. The summed E-state index contributed by atoms with van der Waals surface area (Å²) in [6, 6.07) is -0.261. The Morgan fingerprint density at radius 3 is 2.15 bits per heavy atom. The van der Waals surface area contributed by atoms with Gasteiger partial charge >= 0.3 is 0 Å². The zero-order valence-corrected chi connectivity index (χ0v) is 7.94.